The molecule has 0 unspecified atom stereocenters. The highest BCUT2D eigenvalue weighted by Crippen LogP contribution is 2.24. The van der Waals surface area contributed by atoms with Crippen LogP contribution in [0.4, 0.5) is 0 Å². The SMILES string of the molecule is CCCCNC(=O)C1CCN(C(=O)C(C)(C)Br)CC1. The van der Waals surface area contributed by atoms with Crippen molar-refractivity contribution in [3.8, 4) is 0 Å². The Kier molecular flexibility index (Phi) is 6.30. The van der Waals surface area contributed by atoms with Crippen LogP contribution in [-0.4, -0.2) is 40.7 Å². The minimum Gasteiger partial charge on any atom is -0.356 e. The van der Waals surface area contributed by atoms with Gasteiger partial charge in [-0.05, 0) is 33.1 Å². The van der Waals surface area contributed by atoms with Gasteiger partial charge in [-0.1, -0.05) is 29.3 Å². The summed E-state index contributed by atoms with van der Waals surface area (Å²) in [5.74, 6) is 0.329. The number of unbranched alkanes of at least 4 members (excludes halogenated alkanes) is 1. The number of halogens is 1. The van der Waals surface area contributed by atoms with Crippen LogP contribution in [0.15, 0.2) is 0 Å². The van der Waals surface area contributed by atoms with Gasteiger partial charge in [-0.2, -0.15) is 0 Å². The van der Waals surface area contributed by atoms with Crippen LogP contribution >= 0.6 is 15.9 Å². The number of rotatable bonds is 5. The standard InChI is InChI=1S/C14H25BrN2O2/c1-4-5-8-16-12(18)11-6-9-17(10-7-11)13(19)14(2,3)15/h11H,4-10H2,1-3H3,(H,16,18). The summed E-state index contributed by atoms with van der Waals surface area (Å²) >= 11 is 3.40. The second-order valence-electron chi connectivity index (χ2n) is 5.68. The molecule has 1 saturated heterocycles. The maximum atomic E-state index is 12.1. The normalized spacial score (nSPS) is 17.4. The van der Waals surface area contributed by atoms with E-state index < -0.39 is 4.32 Å². The quantitative estimate of drug-likeness (QED) is 0.620. The first-order valence-corrected chi connectivity index (χ1v) is 7.91. The molecule has 4 nitrogen and oxygen atoms in total. The van der Waals surface area contributed by atoms with Gasteiger partial charge in [0.1, 0.15) is 0 Å². The molecule has 1 heterocycles. The number of carbonyl (C=O) groups is 2. The number of nitrogens with zero attached hydrogens (tertiary/aromatic N) is 1. The van der Waals surface area contributed by atoms with Crippen molar-refractivity contribution in [1.29, 1.82) is 0 Å². The fourth-order valence-electron chi connectivity index (χ4n) is 2.25. The van der Waals surface area contributed by atoms with Gasteiger partial charge in [-0.15, -0.1) is 0 Å². The lowest BCUT2D eigenvalue weighted by Gasteiger charge is -2.34. The molecule has 1 fully saturated rings. The van der Waals surface area contributed by atoms with Crippen molar-refractivity contribution in [2.24, 2.45) is 5.92 Å². The van der Waals surface area contributed by atoms with Crippen LogP contribution in [0.5, 0.6) is 0 Å². The Morgan fingerprint density at radius 3 is 2.37 bits per heavy atom. The summed E-state index contributed by atoms with van der Waals surface area (Å²) in [5, 5.41) is 2.98. The van der Waals surface area contributed by atoms with Crippen molar-refractivity contribution < 1.29 is 9.59 Å². The molecular weight excluding hydrogens is 308 g/mol. The maximum Gasteiger partial charge on any atom is 0.238 e. The highest BCUT2D eigenvalue weighted by atomic mass is 79.9. The smallest absolute Gasteiger partial charge is 0.238 e. The molecule has 1 aliphatic heterocycles. The first-order valence-electron chi connectivity index (χ1n) is 7.12. The molecule has 5 heteroatoms. The summed E-state index contributed by atoms with van der Waals surface area (Å²) in [4.78, 5) is 25.9. The molecule has 1 aliphatic rings. The molecule has 1 N–H and O–H groups in total. The van der Waals surface area contributed by atoms with E-state index in [0.717, 1.165) is 32.2 Å². The Bertz CT molecular complexity index is 318. The Hall–Kier alpha value is -0.580. The highest BCUT2D eigenvalue weighted by molar-refractivity contribution is 9.10. The topological polar surface area (TPSA) is 49.4 Å². The van der Waals surface area contributed by atoms with Gasteiger partial charge in [0.15, 0.2) is 0 Å². The lowest BCUT2D eigenvalue weighted by Crippen LogP contribution is -2.47. The maximum absolute atomic E-state index is 12.1. The number of hydrogen-bond donors (Lipinski definition) is 1. The number of hydrogen-bond acceptors (Lipinski definition) is 2. The summed E-state index contributed by atoms with van der Waals surface area (Å²) < 4.78 is -0.511. The zero-order chi connectivity index (χ0) is 14.5. The Balaban J connectivity index is 2.36. The second kappa shape index (κ2) is 7.27. The molecule has 0 saturated carbocycles. The first kappa shape index (κ1) is 16.5. The summed E-state index contributed by atoms with van der Waals surface area (Å²) in [6, 6.07) is 0. The molecule has 0 aliphatic carbocycles. The third-order valence-electron chi connectivity index (χ3n) is 3.49. The first-order chi connectivity index (χ1) is 8.86. The summed E-state index contributed by atoms with van der Waals surface area (Å²) in [5.41, 5.74) is 0. The third-order valence-corrected chi connectivity index (χ3v) is 3.83. The minimum atomic E-state index is -0.511. The number of amides is 2. The molecule has 1 rings (SSSR count). The summed E-state index contributed by atoms with van der Waals surface area (Å²) in [7, 11) is 0. The molecular formula is C14H25BrN2O2. The van der Waals surface area contributed by atoms with E-state index >= 15 is 0 Å². The van der Waals surface area contributed by atoms with Gasteiger partial charge >= 0.3 is 0 Å². The molecule has 0 bridgehead atoms. The average Bonchev–Trinajstić information content (AvgIpc) is 2.37. The number of nitrogens with one attached hydrogen (secondary N) is 1. The van der Waals surface area contributed by atoms with Crippen LogP contribution in [0, 0.1) is 5.92 Å². The van der Waals surface area contributed by atoms with E-state index in [-0.39, 0.29) is 17.7 Å². The van der Waals surface area contributed by atoms with Crippen molar-refractivity contribution in [3.05, 3.63) is 0 Å². The molecule has 0 radical (unpaired) electrons. The van der Waals surface area contributed by atoms with E-state index in [9.17, 15) is 9.59 Å². The van der Waals surface area contributed by atoms with Crippen molar-refractivity contribution in [1.82, 2.24) is 10.2 Å². The van der Waals surface area contributed by atoms with Crippen molar-refractivity contribution in [2.45, 2.75) is 50.8 Å². The van der Waals surface area contributed by atoms with Crippen LogP contribution < -0.4 is 5.32 Å². The molecule has 0 aromatic rings. The molecule has 0 atom stereocenters. The van der Waals surface area contributed by atoms with Gasteiger partial charge in [0, 0.05) is 25.6 Å². The molecule has 110 valence electrons. The van der Waals surface area contributed by atoms with E-state index in [2.05, 4.69) is 28.2 Å². The van der Waals surface area contributed by atoms with Crippen molar-refractivity contribution >= 4 is 27.7 Å². The monoisotopic (exact) mass is 332 g/mol. The van der Waals surface area contributed by atoms with Gasteiger partial charge in [0.25, 0.3) is 0 Å². The van der Waals surface area contributed by atoms with Crippen LogP contribution in [0.1, 0.15) is 46.5 Å². The van der Waals surface area contributed by atoms with Gasteiger partial charge in [0.2, 0.25) is 11.8 Å². The molecule has 0 spiro atoms. The molecule has 19 heavy (non-hydrogen) atoms. The van der Waals surface area contributed by atoms with Gasteiger partial charge in [0.05, 0.1) is 4.32 Å². The summed E-state index contributed by atoms with van der Waals surface area (Å²) in [6.45, 7) is 7.96. The second-order valence-corrected chi connectivity index (χ2v) is 7.67. The zero-order valence-corrected chi connectivity index (χ0v) is 13.8. The molecule has 0 aromatic carbocycles. The van der Waals surface area contributed by atoms with Crippen LogP contribution in [-0.2, 0) is 9.59 Å². The number of likely N-dealkylation sites (tertiary alicyclic amines) is 1. The van der Waals surface area contributed by atoms with Gasteiger partial charge in [-0.3, -0.25) is 9.59 Å². The number of carbonyl (C=O) groups excluding carboxylic acids is 2. The van der Waals surface area contributed by atoms with Gasteiger partial charge < -0.3 is 10.2 Å². The lowest BCUT2D eigenvalue weighted by atomic mass is 9.95. The van der Waals surface area contributed by atoms with Crippen LogP contribution in [0.25, 0.3) is 0 Å². The third kappa shape index (κ3) is 5.13. The number of alkyl halides is 1. The Morgan fingerprint density at radius 1 is 1.32 bits per heavy atom. The van der Waals surface area contributed by atoms with Crippen molar-refractivity contribution in [2.75, 3.05) is 19.6 Å². The minimum absolute atomic E-state index is 0.0688. The molecule has 2 amide bonds. The van der Waals surface area contributed by atoms with E-state index in [4.69, 9.17) is 0 Å². The predicted molar refractivity (Wildman–Crippen MR) is 80.2 cm³/mol. The zero-order valence-electron chi connectivity index (χ0n) is 12.2. The van der Waals surface area contributed by atoms with Crippen LogP contribution in [0.3, 0.4) is 0 Å². The van der Waals surface area contributed by atoms with Gasteiger partial charge in [-0.25, -0.2) is 0 Å². The Morgan fingerprint density at radius 2 is 1.89 bits per heavy atom. The Labute approximate surface area is 124 Å². The number of piperidine rings is 1. The highest BCUT2D eigenvalue weighted by Gasteiger charge is 2.33. The fourth-order valence-corrected chi connectivity index (χ4v) is 2.50. The van der Waals surface area contributed by atoms with E-state index in [1.165, 1.54) is 0 Å². The van der Waals surface area contributed by atoms with E-state index in [1.54, 1.807) is 0 Å². The largest absolute Gasteiger partial charge is 0.356 e. The van der Waals surface area contributed by atoms with Crippen molar-refractivity contribution in [3.63, 3.8) is 0 Å². The van der Waals surface area contributed by atoms with E-state index in [0.29, 0.717) is 13.1 Å². The lowest BCUT2D eigenvalue weighted by molar-refractivity contribution is -0.136. The average molecular weight is 333 g/mol. The van der Waals surface area contributed by atoms with E-state index in [1.807, 2.05) is 18.7 Å². The predicted octanol–water partition coefficient (Wildman–Crippen LogP) is 2.31. The molecule has 0 aromatic heterocycles. The van der Waals surface area contributed by atoms with Crippen LogP contribution in [0.2, 0.25) is 0 Å². The fraction of sp³-hybridized carbons (Fsp3) is 0.857. The summed E-state index contributed by atoms with van der Waals surface area (Å²) in [6.07, 6.45) is 3.66.